The van der Waals surface area contributed by atoms with Crippen molar-refractivity contribution in [3.63, 3.8) is 0 Å². The number of nitrogens with one attached hydrogen (secondary N) is 1. The lowest BCUT2D eigenvalue weighted by molar-refractivity contribution is 0.102. The smallest absolute Gasteiger partial charge is 0.256 e. The minimum atomic E-state index is -0.199. The Morgan fingerprint density at radius 2 is 1.92 bits per heavy atom. The maximum Gasteiger partial charge on any atom is 0.256 e. The number of halogens is 1. The van der Waals surface area contributed by atoms with Crippen molar-refractivity contribution in [1.29, 1.82) is 0 Å². The van der Waals surface area contributed by atoms with E-state index in [1.165, 1.54) is 0 Å². The number of nitrogens with zero attached hydrogens (tertiary/aromatic N) is 2. The van der Waals surface area contributed by atoms with Gasteiger partial charge in [-0.15, -0.1) is 11.3 Å². The van der Waals surface area contributed by atoms with Crippen LogP contribution in [0.2, 0.25) is 5.02 Å². The number of fused-ring (bicyclic) bond motifs is 1. The molecule has 0 aliphatic carbocycles. The second kappa shape index (κ2) is 6.11. The maximum atomic E-state index is 12.6. The van der Waals surface area contributed by atoms with Gasteiger partial charge in [0, 0.05) is 16.8 Å². The lowest BCUT2D eigenvalue weighted by atomic mass is 10.2. The van der Waals surface area contributed by atoms with Crippen molar-refractivity contribution in [2.45, 2.75) is 0 Å². The van der Waals surface area contributed by atoms with Crippen molar-refractivity contribution < 1.29 is 4.79 Å². The van der Waals surface area contributed by atoms with Gasteiger partial charge in [0.15, 0.2) is 0 Å². The van der Waals surface area contributed by atoms with E-state index in [2.05, 4.69) is 10.3 Å². The zero-order valence-electron chi connectivity index (χ0n) is 12.4. The topological polar surface area (TPSA) is 46.4 Å². The number of carbonyl (C=O) groups excluding carboxylic acids is 1. The molecule has 0 atom stereocenters. The van der Waals surface area contributed by atoms with Gasteiger partial charge in [-0.25, -0.2) is 4.98 Å². The van der Waals surface area contributed by atoms with Crippen LogP contribution >= 0.6 is 22.9 Å². The van der Waals surface area contributed by atoms with E-state index >= 15 is 0 Å². The highest BCUT2D eigenvalue weighted by Gasteiger charge is 2.17. The molecule has 0 saturated carbocycles. The van der Waals surface area contributed by atoms with Gasteiger partial charge in [-0.1, -0.05) is 23.7 Å². The number of thiophene rings is 1. The highest BCUT2D eigenvalue weighted by Crippen LogP contribution is 2.32. The third-order valence-electron chi connectivity index (χ3n) is 3.62. The van der Waals surface area contributed by atoms with E-state index in [1.807, 2.05) is 46.3 Å². The monoisotopic (exact) mass is 353 g/mol. The second-order valence-corrected chi connectivity index (χ2v) is 6.56. The number of hydrogen-bond donors (Lipinski definition) is 1. The molecular weight excluding hydrogens is 342 g/mol. The third-order valence-corrected chi connectivity index (χ3v) is 4.75. The first kappa shape index (κ1) is 14.9. The van der Waals surface area contributed by atoms with Gasteiger partial charge >= 0.3 is 0 Å². The molecule has 0 unspecified atom stereocenters. The number of carbonyl (C=O) groups is 1. The standard InChI is InChI=1S/C18H12ClN3OS/c19-13-8-6-12(7-9-13)18(23)21-17-16(14-4-3-11-24-14)20-15-5-1-2-10-22(15)17/h1-11H,(H,21,23). The molecule has 0 bridgehead atoms. The minimum Gasteiger partial charge on any atom is -0.306 e. The summed E-state index contributed by atoms with van der Waals surface area (Å²) in [6, 6.07) is 16.5. The first-order chi connectivity index (χ1) is 11.7. The number of aromatic nitrogens is 2. The molecule has 3 aromatic heterocycles. The fraction of sp³-hybridized carbons (Fsp3) is 0. The van der Waals surface area contributed by atoms with Gasteiger partial charge in [-0.3, -0.25) is 9.20 Å². The number of rotatable bonds is 3. The molecule has 0 spiro atoms. The Kier molecular flexibility index (Phi) is 3.80. The molecule has 3 heterocycles. The molecule has 0 fully saturated rings. The van der Waals surface area contributed by atoms with E-state index in [9.17, 15) is 4.79 Å². The summed E-state index contributed by atoms with van der Waals surface area (Å²) in [6.07, 6.45) is 1.89. The van der Waals surface area contributed by atoms with Gasteiger partial charge in [0.2, 0.25) is 0 Å². The number of hydrogen-bond acceptors (Lipinski definition) is 3. The first-order valence-electron chi connectivity index (χ1n) is 7.30. The molecule has 6 heteroatoms. The predicted molar refractivity (Wildman–Crippen MR) is 97.9 cm³/mol. The van der Waals surface area contributed by atoms with Crippen molar-refractivity contribution in [1.82, 2.24) is 9.38 Å². The van der Waals surface area contributed by atoms with Crippen LogP contribution in [0.3, 0.4) is 0 Å². The summed E-state index contributed by atoms with van der Waals surface area (Å²) in [5.41, 5.74) is 2.09. The summed E-state index contributed by atoms with van der Waals surface area (Å²) in [7, 11) is 0. The highest BCUT2D eigenvalue weighted by molar-refractivity contribution is 7.13. The van der Waals surface area contributed by atoms with Gasteiger partial charge in [-0.2, -0.15) is 0 Å². The van der Waals surface area contributed by atoms with Crippen LogP contribution in [0.5, 0.6) is 0 Å². The average Bonchev–Trinajstić information content (AvgIpc) is 3.23. The second-order valence-electron chi connectivity index (χ2n) is 5.18. The normalized spacial score (nSPS) is 10.9. The molecule has 4 aromatic rings. The van der Waals surface area contributed by atoms with Crippen LogP contribution in [0.15, 0.2) is 66.2 Å². The van der Waals surface area contributed by atoms with Gasteiger partial charge < -0.3 is 5.32 Å². The number of pyridine rings is 1. The summed E-state index contributed by atoms with van der Waals surface area (Å²) in [5, 5.41) is 5.57. The van der Waals surface area contributed by atoms with Crippen LogP contribution in [0.4, 0.5) is 5.82 Å². The first-order valence-corrected chi connectivity index (χ1v) is 8.56. The number of anilines is 1. The Bertz CT molecular complexity index is 1010. The van der Waals surface area contributed by atoms with Crippen molar-refractivity contribution >= 4 is 40.3 Å². The molecule has 1 amide bonds. The fourth-order valence-electron chi connectivity index (χ4n) is 2.48. The van der Waals surface area contributed by atoms with E-state index in [0.717, 1.165) is 16.2 Å². The quantitative estimate of drug-likeness (QED) is 0.565. The number of benzene rings is 1. The van der Waals surface area contributed by atoms with E-state index in [4.69, 9.17) is 11.6 Å². The van der Waals surface area contributed by atoms with Crippen LogP contribution in [0.25, 0.3) is 16.2 Å². The Labute approximate surface area is 147 Å². The van der Waals surface area contributed by atoms with Gasteiger partial charge in [0.25, 0.3) is 5.91 Å². The molecule has 24 heavy (non-hydrogen) atoms. The van der Waals surface area contributed by atoms with Gasteiger partial charge in [-0.05, 0) is 47.8 Å². The lowest BCUT2D eigenvalue weighted by Gasteiger charge is -2.07. The van der Waals surface area contributed by atoms with E-state index in [1.54, 1.807) is 35.6 Å². The largest absolute Gasteiger partial charge is 0.306 e. The summed E-state index contributed by atoms with van der Waals surface area (Å²) < 4.78 is 1.88. The summed E-state index contributed by atoms with van der Waals surface area (Å²) >= 11 is 7.47. The van der Waals surface area contributed by atoms with Crippen LogP contribution in [0, 0.1) is 0 Å². The summed E-state index contributed by atoms with van der Waals surface area (Å²) in [6.45, 7) is 0. The Morgan fingerprint density at radius 3 is 2.67 bits per heavy atom. The third kappa shape index (κ3) is 2.68. The van der Waals surface area contributed by atoms with Gasteiger partial charge in [0.1, 0.15) is 17.2 Å². The Morgan fingerprint density at radius 1 is 1.08 bits per heavy atom. The molecular formula is C18H12ClN3OS. The molecule has 1 aromatic carbocycles. The minimum absolute atomic E-state index is 0.199. The summed E-state index contributed by atoms with van der Waals surface area (Å²) in [5.74, 6) is 0.461. The average molecular weight is 354 g/mol. The SMILES string of the molecule is O=C(Nc1c(-c2cccs2)nc2ccccn12)c1ccc(Cl)cc1. The zero-order chi connectivity index (χ0) is 16.5. The molecule has 4 rings (SSSR count). The molecule has 118 valence electrons. The van der Waals surface area contributed by atoms with Crippen LogP contribution < -0.4 is 5.32 Å². The van der Waals surface area contributed by atoms with Crippen molar-refractivity contribution in [3.8, 4) is 10.6 Å². The van der Waals surface area contributed by atoms with Crippen molar-refractivity contribution in [2.24, 2.45) is 0 Å². The Hall–Kier alpha value is -2.63. The van der Waals surface area contributed by atoms with Crippen molar-refractivity contribution in [2.75, 3.05) is 5.32 Å². The number of imidazole rings is 1. The fourth-order valence-corrected chi connectivity index (χ4v) is 3.32. The predicted octanol–water partition coefficient (Wildman–Crippen LogP) is 4.97. The van der Waals surface area contributed by atoms with Crippen molar-refractivity contribution in [3.05, 3.63) is 76.8 Å². The van der Waals surface area contributed by atoms with E-state index in [-0.39, 0.29) is 5.91 Å². The molecule has 0 aliphatic heterocycles. The lowest BCUT2D eigenvalue weighted by Crippen LogP contribution is -2.13. The maximum absolute atomic E-state index is 12.6. The van der Waals surface area contributed by atoms with Crippen LogP contribution in [-0.4, -0.2) is 15.3 Å². The van der Waals surface area contributed by atoms with E-state index in [0.29, 0.717) is 16.4 Å². The Balaban J connectivity index is 1.79. The van der Waals surface area contributed by atoms with E-state index < -0.39 is 0 Å². The zero-order valence-corrected chi connectivity index (χ0v) is 14.0. The van der Waals surface area contributed by atoms with Gasteiger partial charge in [0.05, 0.1) is 4.88 Å². The summed E-state index contributed by atoms with van der Waals surface area (Å²) in [4.78, 5) is 18.3. The highest BCUT2D eigenvalue weighted by atomic mass is 35.5. The van der Waals surface area contributed by atoms with Crippen LogP contribution in [-0.2, 0) is 0 Å². The van der Waals surface area contributed by atoms with Crippen LogP contribution in [0.1, 0.15) is 10.4 Å². The molecule has 4 nitrogen and oxygen atoms in total. The molecule has 0 radical (unpaired) electrons. The molecule has 0 aliphatic rings. The molecule has 0 saturated heterocycles. The molecule has 1 N–H and O–H groups in total. The number of amides is 1.